The number of carbonyl (C=O) groups excluding carboxylic acids is 2. The fourth-order valence-electron chi connectivity index (χ4n) is 2.90. The summed E-state index contributed by atoms with van der Waals surface area (Å²) in [4.78, 5) is 24.6. The molecule has 154 valence electrons. The van der Waals surface area contributed by atoms with Crippen LogP contribution in [0.1, 0.15) is 22.3 Å². The fraction of sp³-hybridized carbons (Fsp3) is 0.368. The lowest BCUT2D eigenvalue weighted by molar-refractivity contribution is -0.133. The summed E-state index contributed by atoms with van der Waals surface area (Å²) >= 11 is 0. The van der Waals surface area contributed by atoms with Crippen molar-refractivity contribution >= 4 is 21.7 Å². The van der Waals surface area contributed by atoms with Gasteiger partial charge in [0.2, 0.25) is 0 Å². The molecule has 0 aliphatic carbocycles. The zero-order valence-corrected chi connectivity index (χ0v) is 16.5. The quantitative estimate of drug-likeness (QED) is 0.212. The molecule has 0 bridgehead atoms. The maximum Gasteiger partial charge on any atom is 0.267 e. The molecule has 1 aromatic rings. The van der Waals surface area contributed by atoms with Crippen molar-refractivity contribution < 1.29 is 28.3 Å². The minimum Gasteiger partial charge on any atom is -0.395 e. The fourth-order valence-corrected chi connectivity index (χ4v) is 5.01. The van der Waals surface area contributed by atoms with Crippen LogP contribution in [0.2, 0.25) is 0 Å². The van der Waals surface area contributed by atoms with Gasteiger partial charge < -0.3 is 15.7 Å². The number of rotatable bonds is 6. The van der Waals surface area contributed by atoms with E-state index in [4.69, 9.17) is 10.3 Å². The Balaban J connectivity index is 2.14. The van der Waals surface area contributed by atoms with E-state index in [0.29, 0.717) is 12.0 Å². The Morgan fingerprint density at radius 1 is 1.21 bits per heavy atom. The predicted octanol–water partition coefficient (Wildman–Crippen LogP) is -1.59. The minimum atomic E-state index is -3.32. The highest BCUT2D eigenvalue weighted by Crippen LogP contribution is 2.27. The lowest BCUT2D eigenvalue weighted by Crippen LogP contribution is -2.76. The molecule has 1 aliphatic rings. The van der Waals surface area contributed by atoms with Crippen LogP contribution in [0.15, 0.2) is 24.3 Å². The van der Waals surface area contributed by atoms with E-state index in [-0.39, 0.29) is 23.7 Å². The number of hydrogen-bond acceptors (Lipinski definition) is 7. The molecule has 1 fully saturated rings. The molecule has 29 heavy (non-hydrogen) atoms. The number of sulfone groups is 1. The minimum absolute atomic E-state index is 0.0332. The van der Waals surface area contributed by atoms with Gasteiger partial charge in [0.1, 0.15) is 6.04 Å². The van der Waals surface area contributed by atoms with Crippen molar-refractivity contribution in [1.29, 1.82) is 0 Å². The van der Waals surface area contributed by atoms with Gasteiger partial charge in [-0.05, 0) is 43.2 Å². The monoisotopic (exact) mass is 419 g/mol. The number of amides is 2. The van der Waals surface area contributed by atoms with Gasteiger partial charge in [-0.2, -0.15) is 0 Å². The summed E-state index contributed by atoms with van der Waals surface area (Å²) in [6.45, 7) is -0.0332. The highest BCUT2D eigenvalue weighted by atomic mass is 32.2. The lowest BCUT2D eigenvalue weighted by Gasteiger charge is -2.45. The van der Waals surface area contributed by atoms with E-state index in [1.165, 1.54) is 24.7 Å². The molecule has 1 heterocycles. The standard InChI is InChI=1S/C19H21N3O6S/c1-20-19(12-29(27,28)13-19)16(18(25)22-26)21-17(24)15-9-7-14(8-10-15)6-4-2-3-5-11-23/h7-10,16,20,23,26H,5,11-13H2,1H3,(H,21,24)(H,22,25). The second-order valence-corrected chi connectivity index (χ2v) is 8.49. The molecule has 10 heteroatoms. The molecule has 2 rings (SSSR count). The molecule has 0 spiro atoms. The van der Waals surface area contributed by atoms with E-state index in [1.807, 2.05) is 0 Å². The van der Waals surface area contributed by atoms with Crippen LogP contribution < -0.4 is 16.1 Å². The van der Waals surface area contributed by atoms with E-state index < -0.39 is 33.2 Å². The highest BCUT2D eigenvalue weighted by molar-refractivity contribution is 7.93. The third-order valence-corrected chi connectivity index (χ3v) is 6.30. The van der Waals surface area contributed by atoms with Gasteiger partial charge in [-0.15, -0.1) is 0 Å². The van der Waals surface area contributed by atoms with Gasteiger partial charge in [0.25, 0.3) is 11.8 Å². The van der Waals surface area contributed by atoms with Crippen LogP contribution in [0.5, 0.6) is 0 Å². The summed E-state index contributed by atoms with van der Waals surface area (Å²) in [7, 11) is -1.84. The topological polar surface area (TPSA) is 145 Å². The molecule has 1 atom stereocenters. The average molecular weight is 419 g/mol. The number of hydrogen-bond donors (Lipinski definition) is 5. The molecule has 1 saturated heterocycles. The van der Waals surface area contributed by atoms with Gasteiger partial charge in [-0.25, -0.2) is 13.9 Å². The van der Waals surface area contributed by atoms with Gasteiger partial charge in [0, 0.05) is 17.5 Å². The first-order valence-electron chi connectivity index (χ1n) is 8.61. The van der Waals surface area contributed by atoms with Crippen molar-refractivity contribution in [2.75, 3.05) is 25.2 Å². The number of likely N-dealkylation sites (N-methyl/N-ethyl adjacent to an activating group) is 1. The Bertz CT molecular complexity index is 984. The molecular formula is C19H21N3O6S. The zero-order chi connectivity index (χ0) is 21.5. The first-order valence-corrected chi connectivity index (χ1v) is 10.4. The molecule has 1 unspecified atom stereocenters. The molecule has 2 amide bonds. The van der Waals surface area contributed by atoms with E-state index >= 15 is 0 Å². The number of aliphatic hydroxyl groups is 1. The second kappa shape index (κ2) is 9.54. The van der Waals surface area contributed by atoms with Crippen LogP contribution in [0.3, 0.4) is 0 Å². The second-order valence-electron chi connectivity index (χ2n) is 6.42. The Morgan fingerprint density at radius 3 is 2.38 bits per heavy atom. The molecule has 9 nitrogen and oxygen atoms in total. The molecular weight excluding hydrogens is 398 g/mol. The SMILES string of the molecule is CNC1(C(NC(=O)c2ccc(C#CC#CCCO)cc2)C(=O)NO)CS(=O)(=O)C1. The first-order chi connectivity index (χ1) is 13.8. The number of carbonyl (C=O) groups is 2. The van der Waals surface area contributed by atoms with Gasteiger partial charge in [-0.3, -0.25) is 14.8 Å². The number of aliphatic hydroxyl groups excluding tert-OH is 1. The maximum atomic E-state index is 12.6. The Morgan fingerprint density at radius 2 is 1.86 bits per heavy atom. The number of benzene rings is 1. The van der Waals surface area contributed by atoms with Gasteiger partial charge in [-0.1, -0.05) is 11.8 Å². The lowest BCUT2D eigenvalue weighted by atomic mass is 9.92. The van der Waals surface area contributed by atoms with Gasteiger partial charge in [0.15, 0.2) is 9.84 Å². The molecule has 0 aromatic heterocycles. The first kappa shape index (κ1) is 22.4. The maximum absolute atomic E-state index is 12.6. The summed E-state index contributed by atoms with van der Waals surface area (Å²) in [5.74, 6) is 8.43. The summed E-state index contributed by atoms with van der Waals surface area (Å²) in [6, 6.07) is 4.89. The highest BCUT2D eigenvalue weighted by Gasteiger charge is 2.55. The third-order valence-electron chi connectivity index (χ3n) is 4.39. The molecule has 1 aliphatic heterocycles. The van der Waals surface area contributed by atoms with Crippen molar-refractivity contribution in [3.63, 3.8) is 0 Å². The molecule has 5 N–H and O–H groups in total. The van der Waals surface area contributed by atoms with Crippen LogP contribution in [0.25, 0.3) is 0 Å². The van der Waals surface area contributed by atoms with Crippen molar-refractivity contribution in [2.45, 2.75) is 18.0 Å². The normalized spacial score (nSPS) is 16.7. The van der Waals surface area contributed by atoms with Gasteiger partial charge >= 0.3 is 0 Å². The van der Waals surface area contributed by atoms with Crippen molar-refractivity contribution in [3.8, 4) is 23.7 Å². The molecule has 0 radical (unpaired) electrons. The predicted molar refractivity (Wildman–Crippen MR) is 104 cm³/mol. The van der Waals surface area contributed by atoms with Crippen LogP contribution >= 0.6 is 0 Å². The Labute approximate surface area is 168 Å². The summed E-state index contributed by atoms with van der Waals surface area (Å²) < 4.78 is 23.3. The van der Waals surface area contributed by atoms with E-state index in [2.05, 4.69) is 34.3 Å². The smallest absolute Gasteiger partial charge is 0.267 e. The van der Waals surface area contributed by atoms with Crippen LogP contribution in [0.4, 0.5) is 0 Å². The average Bonchev–Trinajstić information content (AvgIpc) is 2.69. The van der Waals surface area contributed by atoms with E-state index in [0.717, 1.165) is 0 Å². The van der Waals surface area contributed by atoms with Gasteiger partial charge in [0.05, 0.1) is 23.7 Å². The largest absolute Gasteiger partial charge is 0.395 e. The zero-order valence-electron chi connectivity index (χ0n) is 15.7. The summed E-state index contributed by atoms with van der Waals surface area (Å²) in [5.41, 5.74) is 1.10. The third kappa shape index (κ3) is 5.56. The van der Waals surface area contributed by atoms with Crippen LogP contribution in [-0.2, 0) is 14.6 Å². The Kier molecular flexibility index (Phi) is 7.37. The number of hydroxylamine groups is 1. The van der Waals surface area contributed by atoms with Crippen molar-refractivity contribution in [2.24, 2.45) is 0 Å². The van der Waals surface area contributed by atoms with E-state index in [9.17, 15) is 18.0 Å². The molecule has 1 aromatic carbocycles. The van der Waals surface area contributed by atoms with Crippen molar-refractivity contribution in [1.82, 2.24) is 16.1 Å². The summed E-state index contributed by atoms with van der Waals surface area (Å²) in [6.07, 6.45) is 0.339. The van der Waals surface area contributed by atoms with E-state index in [1.54, 1.807) is 12.1 Å². The van der Waals surface area contributed by atoms with Crippen LogP contribution in [-0.4, -0.2) is 67.3 Å². The Hall–Kier alpha value is -2.89. The van der Waals surface area contributed by atoms with Crippen molar-refractivity contribution in [3.05, 3.63) is 35.4 Å². The molecule has 0 saturated carbocycles. The summed E-state index contributed by atoms with van der Waals surface area (Å²) in [5, 5.41) is 22.9. The van der Waals surface area contributed by atoms with Crippen LogP contribution in [0, 0.1) is 23.7 Å². The number of nitrogens with one attached hydrogen (secondary N) is 3.